The Hall–Kier alpha value is -1.59. The maximum absolute atomic E-state index is 11.9. The fraction of sp³-hybridized carbons (Fsp3) is 0.333. The minimum atomic E-state index is 0.00209. The molecule has 1 aromatic heterocycles. The summed E-state index contributed by atoms with van der Waals surface area (Å²) in [5, 5.41) is 1.12. The van der Waals surface area contributed by atoms with E-state index in [4.69, 9.17) is 9.72 Å². The number of ether oxygens (including phenoxy) is 1. The van der Waals surface area contributed by atoms with Gasteiger partial charge in [-0.1, -0.05) is 24.3 Å². The number of fused-ring (bicyclic) bond motifs is 1. The predicted molar refractivity (Wildman–Crippen MR) is 80.5 cm³/mol. The van der Waals surface area contributed by atoms with Gasteiger partial charge in [0.2, 0.25) is 5.91 Å². The Balaban J connectivity index is 1.90. The lowest BCUT2D eigenvalue weighted by molar-refractivity contribution is -0.128. The smallest absolute Gasteiger partial charge is 0.233 e. The molecule has 0 saturated carbocycles. The quantitative estimate of drug-likeness (QED) is 0.866. The molecule has 1 fully saturated rings. The van der Waals surface area contributed by atoms with Crippen LogP contribution in [-0.4, -0.2) is 41.8 Å². The monoisotopic (exact) mass is 288 g/mol. The highest BCUT2D eigenvalue weighted by Gasteiger charge is 2.33. The number of amides is 1. The second-order valence-corrected chi connectivity index (χ2v) is 5.74. The van der Waals surface area contributed by atoms with Crippen molar-refractivity contribution in [3.63, 3.8) is 0 Å². The van der Waals surface area contributed by atoms with Gasteiger partial charge in [0.15, 0.2) is 0 Å². The minimum Gasteiger partial charge on any atom is -0.383 e. The van der Waals surface area contributed by atoms with Crippen LogP contribution in [-0.2, 0) is 9.53 Å². The van der Waals surface area contributed by atoms with E-state index in [9.17, 15) is 4.79 Å². The summed E-state index contributed by atoms with van der Waals surface area (Å²) in [5.41, 5.74) is 1.91. The standard InChI is InChI=1S/C15H16N2O2S/c1-19-9-8-17-14(18)10-20-15(17)13-7-6-11-4-2-3-5-12(11)16-13/h2-7,15H,8-10H2,1H3. The van der Waals surface area contributed by atoms with Gasteiger partial charge in [0.25, 0.3) is 0 Å². The Morgan fingerprint density at radius 1 is 1.35 bits per heavy atom. The molecule has 3 rings (SSSR count). The van der Waals surface area contributed by atoms with Crippen molar-refractivity contribution in [3.05, 3.63) is 42.1 Å². The van der Waals surface area contributed by atoms with E-state index in [0.717, 1.165) is 16.6 Å². The average molecular weight is 288 g/mol. The van der Waals surface area contributed by atoms with Crippen molar-refractivity contribution in [2.24, 2.45) is 0 Å². The van der Waals surface area contributed by atoms with Crippen LogP contribution in [0.15, 0.2) is 36.4 Å². The Morgan fingerprint density at radius 2 is 2.20 bits per heavy atom. The number of carbonyl (C=O) groups is 1. The molecule has 104 valence electrons. The van der Waals surface area contributed by atoms with E-state index < -0.39 is 0 Å². The highest BCUT2D eigenvalue weighted by Crippen LogP contribution is 2.37. The van der Waals surface area contributed by atoms with Crippen LogP contribution < -0.4 is 0 Å². The van der Waals surface area contributed by atoms with Crippen LogP contribution in [0.3, 0.4) is 0 Å². The highest BCUT2D eigenvalue weighted by atomic mass is 32.2. The molecule has 5 heteroatoms. The number of hydrogen-bond acceptors (Lipinski definition) is 4. The normalized spacial score (nSPS) is 18.9. The number of thioether (sulfide) groups is 1. The number of rotatable bonds is 4. The summed E-state index contributed by atoms with van der Waals surface area (Å²) < 4.78 is 5.08. The summed E-state index contributed by atoms with van der Waals surface area (Å²) in [7, 11) is 1.65. The molecule has 1 aliphatic rings. The maximum atomic E-state index is 11.9. The molecule has 0 radical (unpaired) electrons. The zero-order valence-electron chi connectivity index (χ0n) is 11.3. The second-order valence-electron chi connectivity index (χ2n) is 4.67. The third-order valence-corrected chi connectivity index (χ3v) is 4.60. The largest absolute Gasteiger partial charge is 0.383 e. The van der Waals surface area contributed by atoms with E-state index in [1.165, 1.54) is 0 Å². The Bertz CT molecular complexity index is 632. The number of aromatic nitrogens is 1. The van der Waals surface area contributed by atoms with Crippen molar-refractivity contribution in [2.75, 3.05) is 26.0 Å². The Morgan fingerprint density at radius 3 is 3.05 bits per heavy atom. The maximum Gasteiger partial charge on any atom is 0.233 e. The number of methoxy groups -OCH3 is 1. The number of benzene rings is 1. The molecule has 1 amide bonds. The van der Waals surface area contributed by atoms with Crippen LogP contribution in [0.4, 0.5) is 0 Å². The predicted octanol–water partition coefficient (Wildman–Crippen LogP) is 2.46. The molecule has 1 aromatic carbocycles. The number of hydrogen-bond donors (Lipinski definition) is 0. The van der Waals surface area contributed by atoms with Gasteiger partial charge in [0, 0.05) is 19.0 Å². The first kappa shape index (κ1) is 13.4. The summed E-state index contributed by atoms with van der Waals surface area (Å²) in [6.07, 6.45) is 0. The molecule has 0 N–H and O–H groups in total. The third-order valence-electron chi connectivity index (χ3n) is 3.38. The number of pyridine rings is 1. The van der Waals surface area contributed by atoms with E-state index in [-0.39, 0.29) is 11.3 Å². The lowest BCUT2D eigenvalue weighted by Crippen LogP contribution is -2.31. The molecule has 0 spiro atoms. The van der Waals surface area contributed by atoms with Crippen LogP contribution in [0.5, 0.6) is 0 Å². The van der Waals surface area contributed by atoms with E-state index in [1.54, 1.807) is 18.9 Å². The van der Waals surface area contributed by atoms with Gasteiger partial charge in [-0.2, -0.15) is 0 Å². The van der Waals surface area contributed by atoms with Gasteiger partial charge in [-0.3, -0.25) is 4.79 Å². The molecule has 4 nitrogen and oxygen atoms in total. The van der Waals surface area contributed by atoms with Crippen molar-refractivity contribution in [2.45, 2.75) is 5.37 Å². The van der Waals surface area contributed by atoms with Gasteiger partial charge >= 0.3 is 0 Å². The lowest BCUT2D eigenvalue weighted by atomic mass is 10.2. The van der Waals surface area contributed by atoms with Crippen molar-refractivity contribution in [3.8, 4) is 0 Å². The van der Waals surface area contributed by atoms with E-state index in [0.29, 0.717) is 18.9 Å². The summed E-state index contributed by atoms with van der Waals surface area (Å²) in [6, 6.07) is 12.1. The van der Waals surface area contributed by atoms with Gasteiger partial charge in [0.1, 0.15) is 5.37 Å². The van der Waals surface area contributed by atoms with Gasteiger partial charge in [0.05, 0.1) is 23.6 Å². The Kier molecular flexibility index (Phi) is 3.89. The first-order valence-electron chi connectivity index (χ1n) is 6.55. The van der Waals surface area contributed by atoms with E-state index in [2.05, 4.69) is 6.07 Å². The average Bonchev–Trinajstić information content (AvgIpc) is 2.85. The van der Waals surface area contributed by atoms with Crippen molar-refractivity contribution in [1.82, 2.24) is 9.88 Å². The molecule has 2 heterocycles. The molecule has 2 aromatic rings. The van der Waals surface area contributed by atoms with Crippen LogP contribution >= 0.6 is 11.8 Å². The van der Waals surface area contributed by atoms with Crippen LogP contribution in [0, 0.1) is 0 Å². The van der Waals surface area contributed by atoms with Gasteiger partial charge in [-0.15, -0.1) is 11.8 Å². The van der Waals surface area contributed by atoms with Crippen LogP contribution in [0.25, 0.3) is 10.9 Å². The molecule has 1 aliphatic heterocycles. The summed E-state index contributed by atoms with van der Waals surface area (Å²) >= 11 is 1.63. The molecule has 1 atom stereocenters. The Labute approximate surface area is 122 Å². The highest BCUT2D eigenvalue weighted by molar-refractivity contribution is 8.00. The number of para-hydroxylation sites is 1. The zero-order chi connectivity index (χ0) is 13.9. The third kappa shape index (κ3) is 2.51. The van der Waals surface area contributed by atoms with Crippen molar-refractivity contribution >= 4 is 28.6 Å². The van der Waals surface area contributed by atoms with Crippen molar-refractivity contribution in [1.29, 1.82) is 0 Å². The number of carbonyl (C=O) groups excluding carboxylic acids is 1. The molecule has 20 heavy (non-hydrogen) atoms. The molecular weight excluding hydrogens is 272 g/mol. The summed E-state index contributed by atoms with van der Waals surface area (Å²) in [4.78, 5) is 18.5. The van der Waals surface area contributed by atoms with Gasteiger partial charge in [-0.05, 0) is 12.1 Å². The fourth-order valence-electron chi connectivity index (χ4n) is 2.35. The molecular formula is C15H16N2O2S. The van der Waals surface area contributed by atoms with Crippen LogP contribution in [0.2, 0.25) is 0 Å². The molecule has 0 bridgehead atoms. The van der Waals surface area contributed by atoms with Gasteiger partial charge in [-0.25, -0.2) is 4.98 Å². The van der Waals surface area contributed by atoms with E-state index >= 15 is 0 Å². The van der Waals surface area contributed by atoms with Gasteiger partial charge < -0.3 is 9.64 Å². The minimum absolute atomic E-state index is 0.00209. The zero-order valence-corrected chi connectivity index (χ0v) is 12.1. The molecule has 1 saturated heterocycles. The number of nitrogens with zero attached hydrogens (tertiary/aromatic N) is 2. The summed E-state index contributed by atoms with van der Waals surface area (Å²) in [6.45, 7) is 1.16. The first-order chi connectivity index (χ1) is 9.79. The SMILES string of the molecule is COCCN1C(=O)CSC1c1ccc2ccccc2n1. The van der Waals surface area contributed by atoms with Crippen LogP contribution in [0.1, 0.15) is 11.1 Å². The fourth-order valence-corrected chi connectivity index (χ4v) is 3.52. The van der Waals surface area contributed by atoms with E-state index in [1.807, 2.05) is 35.2 Å². The lowest BCUT2D eigenvalue weighted by Gasteiger charge is -2.23. The molecule has 1 unspecified atom stereocenters. The first-order valence-corrected chi connectivity index (χ1v) is 7.60. The topological polar surface area (TPSA) is 42.4 Å². The second kappa shape index (κ2) is 5.81. The summed E-state index contributed by atoms with van der Waals surface area (Å²) in [5.74, 6) is 0.676. The molecule has 0 aliphatic carbocycles. The van der Waals surface area contributed by atoms with Crippen molar-refractivity contribution < 1.29 is 9.53 Å².